The highest BCUT2D eigenvalue weighted by atomic mass is 35.5. The minimum absolute atomic E-state index is 0.195. The Labute approximate surface area is 110 Å². The van der Waals surface area contributed by atoms with Gasteiger partial charge in [0, 0.05) is 17.3 Å². The number of fused-ring (bicyclic) bond motifs is 1. The van der Waals surface area contributed by atoms with Crippen LogP contribution in [0.5, 0.6) is 5.75 Å². The Bertz CT molecular complexity index is 498. The van der Waals surface area contributed by atoms with Gasteiger partial charge in [0.15, 0.2) is 0 Å². The van der Waals surface area contributed by atoms with Crippen molar-refractivity contribution in [3.8, 4) is 5.75 Å². The maximum atomic E-state index is 11.5. The molecule has 3 rings (SSSR count). The number of hydrogen-bond donors (Lipinski definition) is 2. The Kier molecular flexibility index (Phi) is 2.92. The Morgan fingerprint density at radius 2 is 2.06 bits per heavy atom. The molecule has 18 heavy (non-hydrogen) atoms. The van der Waals surface area contributed by atoms with Crippen molar-refractivity contribution in [1.82, 2.24) is 0 Å². The molecular formula is C13H15ClN2O2. The first-order chi connectivity index (χ1) is 8.65. The molecule has 0 saturated heterocycles. The van der Waals surface area contributed by atoms with E-state index in [0.717, 1.165) is 18.4 Å². The van der Waals surface area contributed by atoms with Gasteiger partial charge in [0.05, 0.1) is 11.1 Å². The molecule has 0 aromatic heterocycles. The van der Waals surface area contributed by atoms with E-state index in [2.05, 4.69) is 5.32 Å². The van der Waals surface area contributed by atoms with E-state index in [1.165, 1.54) is 12.8 Å². The summed E-state index contributed by atoms with van der Waals surface area (Å²) in [5.74, 6) is 0.441. The topological polar surface area (TPSA) is 64.4 Å². The van der Waals surface area contributed by atoms with Crippen molar-refractivity contribution >= 4 is 23.2 Å². The summed E-state index contributed by atoms with van der Waals surface area (Å²) < 4.78 is 5.88. The highest BCUT2D eigenvalue weighted by molar-refractivity contribution is 6.32. The van der Waals surface area contributed by atoms with E-state index in [4.69, 9.17) is 22.1 Å². The van der Waals surface area contributed by atoms with Gasteiger partial charge in [-0.1, -0.05) is 11.6 Å². The van der Waals surface area contributed by atoms with Crippen molar-refractivity contribution < 1.29 is 9.53 Å². The van der Waals surface area contributed by atoms with Gasteiger partial charge in [-0.25, -0.2) is 0 Å². The lowest BCUT2D eigenvalue weighted by Crippen LogP contribution is -2.19. The van der Waals surface area contributed by atoms with Crippen LogP contribution in [-0.2, 0) is 4.79 Å². The summed E-state index contributed by atoms with van der Waals surface area (Å²) in [6.07, 6.45) is 4.79. The van der Waals surface area contributed by atoms with Crippen molar-refractivity contribution in [2.75, 3.05) is 5.32 Å². The molecule has 1 aliphatic carbocycles. The smallest absolute Gasteiger partial charge is 0.245 e. The first-order valence-corrected chi connectivity index (χ1v) is 6.59. The predicted molar refractivity (Wildman–Crippen MR) is 69.9 cm³/mol. The van der Waals surface area contributed by atoms with Crippen molar-refractivity contribution in [2.45, 2.75) is 37.8 Å². The lowest BCUT2D eigenvalue weighted by Gasteiger charge is -2.15. The van der Waals surface area contributed by atoms with Gasteiger partial charge in [0.1, 0.15) is 11.8 Å². The second kappa shape index (κ2) is 4.44. The number of carbonyl (C=O) groups excluding carboxylic acids is 1. The van der Waals surface area contributed by atoms with Crippen LogP contribution >= 0.6 is 11.6 Å². The molecule has 0 bridgehead atoms. The van der Waals surface area contributed by atoms with E-state index in [0.29, 0.717) is 16.5 Å². The van der Waals surface area contributed by atoms with Gasteiger partial charge in [-0.3, -0.25) is 4.79 Å². The van der Waals surface area contributed by atoms with E-state index < -0.39 is 6.04 Å². The second-order valence-electron chi connectivity index (χ2n) is 4.86. The first kappa shape index (κ1) is 11.8. The molecule has 1 atom stereocenters. The van der Waals surface area contributed by atoms with Crippen LogP contribution in [0.4, 0.5) is 5.69 Å². The summed E-state index contributed by atoms with van der Waals surface area (Å²) >= 11 is 6.18. The first-order valence-electron chi connectivity index (χ1n) is 6.21. The molecule has 1 aromatic rings. The number of rotatable bonds is 2. The summed E-state index contributed by atoms with van der Waals surface area (Å²) in [7, 11) is 0. The number of halogens is 1. The van der Waals surface area contributed by atoms with Crippen molar-refractivity contribution in [3.05, 3.63) is 22.7 Å². The maximum absolute atomic E-state index is 11.5. The van der Waals surface area contributed by atoms with Crippen LogP contribution in [0.2, 0.25) is 5.02 Å². The van der Waals surface area contributed by atoms with E-state index in [1.807, 2.05) is 0 Å². The lowest BCUT2D eigenvalue weighted by atomic mass is 10.1. The van der Waals surface area contributed by atoms with Crippen molar-refractivity contribution in [1.29, 1.82) is 0 Å². The van der Waals surface area contributed by atoms with Crippen LogP contribution in [0.25, 0.3) is 0 Å². The second-order valence-corrected chi connectivity index (χ2v) is 5.27. The third-order valence-electron chi connectivity index (χ3n) is 3.58. The number of nitrogens with one attached hydrogen (secondary N) is 1. The molecule has 1 unspecified atom stereocenters. The number of nitrogens with two attached hydrogens (primary N) is 1. The average molecular weight is 267 g/mol. The average Bonchev–Trinajstić information content (AvgIpc) is 2.92. The number of benzene rings is 1. The van der Waals surface area contributed by atoms with Gasteiger partial charge < -0.3 is 15.8 Å². The Hall–Kier alpha value is -1.26. The number of anilines is 1. The molecule has 5 heteroatoms. The Balaban J connectivity index is 1.88. The third kappa shape index (κ3) is 1.95. The molecule has 0 spiro atoms. The molecule has 96 valence electrons. The SMILES string of the molecule is NC1C(=O)Nc2cc(OC3CCCC3)c(Cl)cc21. The van der Waals surface area contributed by atoms with Crippen LogP contribution in [0, 0.1) is 0 Å². The largest absolute Gasteiger partial charge is 0.489 e. The third-order valence-corrected chi connectivity index (χ3v) is 3.87. The molecule has 0 radical (unpaired) electrons. The predicted octanol–water partition coefficient (Wildman–Crippen LogP) is 2.61. The van der Waals surface area contributed by atoms with Gasteiger partial charge >= 0.3 is 0 Å². The van der Waals surface area contributed by atoms with Gasteiger partial charge in [-0.2, -0.15) is 0 Å². The molecular weight excluding hydrogens is 252 g/mol. The van der Waals surface area contributed by atoms with Crippen LogP contribution in [0.15, 0.2) is 12.1 Å². The van der Waals surface area contributed by atoms with Crippen molar-refractivity contribution in [2.24, 2.45) is 5.73 Å². The highest BCUT2D eigenvalue weighted by Gasteiger charge is 2.29. The zero-order chi connectivity index (χ0) is 12.7. The van der Waals surface area contributed by atoms with E-state index in [1.54, 1.807) is 12.1 Å². The summed E-state index contributed by atoms with van der Waals surface area (Å²) in [5, 5.41) is 3.26. The van der Waals surface area contributed by atoms with E-state index >= 15 is 0 Å². The molecule has 1 amide bonds. The Morgan fingerprint density at radius 3 is 2.78 bits per heavy atom. The summed E-state index contributed by atoms with van der Waals surface area (Å²) in [6, 6.07) is 2.88. The molecule has 1 aromatic carbocycles. The molecule has 3 N–H and O–H groups in total. The minimum Gasteiger partial charge on any atom is -0.489 e. The molecule has 1 heterocycles. The quantitative estimate of drug-likeness (QED) is 0.865. The number of amides is 1. The number of hydrogen-bond acceptors (Lipinski definition) is 3. The summed E-state index contributed by atoms with van der Waals surface area (Å²) in [6.45, 7) is 0. The lowest BCUT2D eigenvalue weighted by molar-refractivity contribution is -0.116. The van der Waals surface area contributed by atoms with Crippen molar-refractivity contribution in [3.63, 3.8) is 0 Å². The fraction of sp³-hybridized carbons (Fsp3) is 0.462. The van der Waals surface area contributed by atoms with Gasteiger partial charge in [0.2, 0.25) is 5.91 Å². The molecule has 2 aliphatic rings. The fourth-order valence-electron chi connectivity index (χ4n) is 2.56. The molecule has 4 nitrogen and oxygen atoms in total. The van der Waals surface area contributed by atoms with Gasteiger partial charge in [-0.15, -0.1) is 0 Å². The van der Waals surface area contributed by atoms with Gasteiger partial charge in [-0.05, 0) is 31.7 Å². The summed E-state index contributed by atoms with van der Waals surface area (Å²) in [4.78, 5) is 11.5. The zero-order valence-corrected chi connectivity index (χ0v) is 10.7. The minimum atomic E-state index is -0.627. The van der Waals surface area contributed by atoms with Crippen LogP contribution in [-0.4, -0.2) is 12.0 Å². The van der Waals surface area contributed by atoms with Crippen LogP contribution in [0.3, 0.4) is 0 Å². The Morgan fingerprint density at radius 1 is 1.33 bits per heavy atom. The van der Waals surface area contributed by atoms with Gasteiger partial charge in [0.25, 0.3) is 0 Å². The highest BCUT2D eigenvalue weighted by Crippen LogP contribution is 2.39. The molecule has 1 saturated carbocycles. The zero-order valence-electron chi connectivity index (χ0n) is 9.91. The number of ether oxygens (including phenoxy) is 1. The van der Waals surface area contributed by atoms with Crippen LogP contribution in [0.1, 0.15) is 37.3 Å². The monoisotopic (exact) mass is 266 g/mol. The fourth-order valence-corrected chi connectivity index (χ4v) is 2.78. The van der Waals surface area contributed by atoms with E-state index in [-0.39, 0.29) is 12.0 Å². The van der Waals surface area contributed by atoms with E-state index in [9.17, 15) is 4.79 Å². The summed E-state index contributed by atoms with van der Waals surface area (Å²) in [5.41, 5.74) is 7.21. The maximum Gasteiger partial charge on any atom is 0.245 e. The van der Waals surface area contributed by atoms with Crippen LogP contribution < -0.4 is 15.8 Å². The molecule has 1 fully saturated rings. The molecule has 1 aliphatic heterocycles. The number of carbonyl (C=O) groups is 1. The normalized spacial score (nSPS) is 23.0. The standard InChI is InChI=1S/C13H15ClN2O2/c14-9-5-8-10(16-13(17)12(8)15)6-11(9)18-7-3-1-2-4-7/h5-7,12H,1-4,15H2,(H,16,17).